The average Bonchev–Trinajstić information content (AvgIpc) is 2.75. The van der Waals surface area contributed by atoms with E-state index < -0.39 is 0 Å². The summed E-state index contributed by atoms with van der Waals surface area (Å²) in [6.07, 6.45) is 1.02. The van der Waals surface area contributed by atoms with Gasteiger partial charge in [0.05, 0.1) is 0 Å². The standard InChI is InChI=1S/C12H18N4O/c1-16-7-6-11(8-16)14-12(17)9-2-4-10(15-13)5-3-9/h2-5,11,15H,6-8,13H2,1H3,(H,14,17). The molecule has 1 aromatic carbocycles. The molecule has 0 aliphatic carbocycles. The van der Waals surface area contributed by atoms with Crippen LogP contribution >= 0.6 is 0 Å². The third kappa shape index (κ3) is 2.95. The molecule has 1 fully saturated rings. The molecular formula is C12H18N4O. The molecule has 1 amide bonds. The van der Waals surface area contributed by atoms with Crippen LogP contribution in [-0.2, 0) is 0 Å². The summed E-state index contributed by atoms with van der Waals surface area (Å²) in [5.41, 5.74) is 3.99. The number of nitrogen functional groups attached to an aromatic ring is 1. The first-order chi connectivity index (χ1) is 8.19. The highest BCUT2D eigenvalue weighted by molar-refractivity contribution is 5.94. The van der Waals surface area contributed by atoms with Crippen LogP contribution in [0.15, 0.2) is 24.3 Å². The number of likely N-dealkylation sites (N-methyl/N-ethyl adjacent to an activating group) is 1. The van der Waals surface area contributed by atoms with Crippen LogP contribution < -0.4 is 16.6 Å². The number of anilines is 1. The normalized spacial score (nSPS) is 20.2. The van der Waals surface area contributed by atoms with Gasteiger partial charge in [0.2, 0.25) is 0 Å². The SMILES string of the molecule is CN1CCC(NC(=O)c2ccc(NN)cc2)C1. The number of benzene rings is 1. The maximum atomic E-state index is 11.9. The number of carbonyl (C=O) groups is 1. The van der Waals surface area contributed by atoms with E-state index in [1.54, 1.807) is 24.3 Å². The van der Waals surface area contributed by atoms with E-state index >= 15 is 0 Å². The molecule has 4 N–H and O–H groups in total. The van der Waals surface area contributed by atoms with Crippen LogP contribution in [0.5, 0.6) is 0 Å². The summed E-state index contributed by atoms with van der Waals surface area (Å²) in [6, 6.07) is 7.37. The fourth-order valence-electron chi connectivity index (χ4n) is 2.04. The lowest BCUT2D eigenvalue weighted by Crippen LogP contribution is -2.36. The van der Waals surface area contributed by atoms with E-state index in [1.807, 2.05) is 0 Å². The van der Waals surface area contributed by atoms with Crippen LogP contribution in [-0.4, -0.2) is 37.0 Å². The molecule has 0 aromatic heterocycles. The summed E-state index contributed by atoms with van der Waals surface area (Å²) in [5.74, 6) is 5.25. The Kier molecular flexibility index (Phi) is 3.61. The molecule has 0 spiro atoms. The van der Waals surface area contributed by atoms with Crippen molar-refractivity contribution in [2.24, 2.45) is 5.84 Å². The lowest BCUT2D eigenvalue weighted by molar-refractivity contribution is 0.0938. The Morgan fingerprint density at radius 3 is 2.65 bits per heavy atom. The molecule has 1 aromatic rings. The molecule has 17 heavy (non-hydrogen) atoms. The molecule has 92 valence electrons. The Bertz CT molecular complexity index is 390. The van der Waals surface area contributed by atoms with Crippen molar-refractivity contribution in [2.75, 3.05) is 25.6 Å². The largest absolute Gasteiger partial charge is 0.348 e. The first-order valence-corrected chi connectivity index (χ1v) is 5.75. The molecule has 0 radical (unpaired) electrons. The maximum absolute atomic E-state index is 11.9. The lowest BCUT2D eigenvalue weighted by atomic mass is 10.1. The fraction of sp³-hybridized carbons (Fsp3) is 0.417. The molecule has 1 aliphatic rings. The quantitative estimate of drug-likeness (QED) is 0.523. The molecule has 1 heterocycles. The number of hydrogen-bond acceptors (Lipinski definition) is 4. The maximum Gasteiger partial charge on any atom is 0.251 e. The topological polar surface area (TPSA) is 70.4 Å². The second-order valence-corrected chi connectivity index (χ2v) is 4.44. The highest BCUT2D eigenvalue weighted by atomic mass is 16.1. The van der Waals surface area contributed by atoms with Gasteiger partial charge in [-0.1, -0.05) is 0 Å². The molecule has 5 heteroatoms. The molecule has 5 nitrogen and oxygen atoms in total. The number of rotatable bonds is 3. The smallest absolute Gasteiger partial charge is 0.251 e. The lowest BCUT2D eigenvalue weighted by Gasteiger charge is -2.13. The Morgan fingerprint density at radius 2 is 2.12 bits per heavy atom. The van der Waals surface area contributed by atoms with E-state index in [9.17, 15) is 4.79 Å². The van der Waals surface area contributed by atoms with E-state index in [1.165, 1.54) is 0 Å². The minimum atomic E-state index is -0.0196. The van der Waals surface area contributed by atoms with Gasteiger partial charge in [0.25, 0.3) is 5.91 Å². The van der Waals surface area contributed by atoms with Crippen molar-refractivity contribution in [2.45, 2.75) is 12.5 Å². The fourth-order valence-corrected chi connectivity index (χ4v) is 2.04. The van der Waals surface area contributed by atoms with Crippen molar-refractivity contribution >= 4 is 11.6 Å². The first-order valence-electron chi connectivity index (χ1n) is 5.75. The second-order valence-electron chi connectivity index (χ2n) is 4.44. The molecular weight excluding hydrogens is 216 g/mol. The molecule has 1 saturated heterocycles. The molecule has 0 bridgehead atoms. The van der Waals surface area contributed by atoms with Gasteiger partial charge in [-0.3, -0.25) is 10.6 Å². The van der Waals surface area contributed by atoms with Gasteiger partial charge in [-0.15, -0.1) is 0 Å². The van der Waals surface area contributed by atoms with Crippen molar-refractivity contribution in [1.29, 1.82) is 0 Å². The van der Waals surface area contributed by atoms with E-state index in [0.717, 1.165) is 25.2 Å². The summed E-state index contributed by atoms with van der Waals surface area (Å²) in [5, 5.41) is 3.03. The van der Waals surface area contributed by atoms with Gasteiger partial charge in [-0.05, 0) is 44.3 Å². The number of hydrogen-bond donors (Lipinski definition) is 3. The van der Waals surface area contributed by atoms with Gasteiger partial charge >= 0.3 is 0 Å². The third-order valence-electron chi connectivity index (χ3n) is 3.04. The van der Waals surface area contributed by atoms with Crippen LogP contribution in [0.1, 0.15) is 16.8 Å². The van der Waals surface area contributed by atoms with Crippen LogP contribution in [0.4, 0.5) is 5.69 Å². The highest BCUT2D eigenvalue weighted by Crippen LogP contribution is 2.10. The number of likely N-dealkylation sites (tertiary alicyclic amines) is 1. The summed E-state index contributed by atoms with van der Waals surface area (Å²) in [7, 11) is 2.06. The number of hydrazine groups is 1. The Hall–Kier alpha value is -1.59. The summed E-state index contributed by atoms with van der Waals surface area (Å²) in [6.45, 7) is 1.97. The number of carbonyl (C=O) groups excluding carboxylic acids is 1. The van der Waals surface area contributed by atoms with E-state index in [4.69, 9.17) is 5.84 Å². The van der Waals surface area contributed by atoms with Gasteiger partial charge < -0.3 is 15.6 Å². The molecule has 2 rings (SSSR count). The zero-order valence-electron chi connectivity index (χ0n) is 9.94. The van der Waals surface area contributed by atoms with Crippen LogP contribution in [0, 0.1) is 0 Å². The zero-order valence-corrected chi connectivity index (χ0v) is 9.94. The van der Waals surface area contributed by atoms with E-state index in [2.05, 4.69) is 22.7 Å². The van der Waals surface area contributed by atoms with Crippen molar-refractivity contribution in [3.63, 3.8) is 0 Å². The average molecular weight is 234 g/mol. The van der Waals surface area contributed by atoms with Crippen LogP contribution in [0.3, 0.4) is 0 Å². The Balaban J connectivity index is 1.94. The Labute approximate surface area is 101 Å². The molecule has 1 atom stereocenters. The van der Waals surface area contributed by atoms with Gasteiger partial charge in [-0.2, -0.15) is 0 Å². The zero-order chi connectivity index (χ0) is 12.3. The van der Waals surface area contributed by atoms with Gasteiger partial charge in [-0.25, -0.2) is 0 Å². The van der Waals surface area contributed by atoms with Gasteiger partial charge in [0.1, 0.15) is 0 Å². The summed E-state index contributed by atoms with van der Waals surface area (Å²) < 4.78 is 0. The van der Waals surface area contributed by atoms with Gasteiger partial charge in [0, 0.05) is 23.8 Å². The van der Waals surface area contributed by atoms with E-state index in [-0.39, 0.29) is 11.9 Å². The minimum Gasteiger partial charge on any atom is -0.348 e. The summed E-state index contributed by atoms with van der Waals surface area (Å²) in [4.78, 5) is 14.1. The molecule has 1 unspecified atom stereocenters. The van der Waals surface area contributed by atoms with Crippen LogP contribution in [0.25, 0.3) is 0 Å². The van der Waals surface area contributed by atoms with Crippen LogP contribution in [0.2, 0.25) is 0 Å². The first kappa shape index (κ1) is 11.9. The van der Waals surface area contributed by atoms with Crippen molar-refractivity contribution < 1.29 is 4.79 Å². The monoisotopic (exact) mass is 234 g/mol. The molecule has 0 saturated carbocycles. The number of amides is 1. The van der Waals surface area contributed by atoms with Crippen molar-refractivity contribution in [3.8, 4) is 0 Å². The predicted molar refractivity (Wildman–Crippen MR) is 67.6 cm³/mol. The number of nitrogens with two attached hydrogens (primary N) is 1. The van der Waals surface area contributed by atoms with Crippen molar-refractivity contribution in [1.82, 2.24) is 10.2 Å². The van der Waals surface area contributed by atoms with Crippen molar-refractivity contribution in [3.05, 3.63) is 29.8 Å². The summed E-state index contributed by atoms with van der Waals surface area (Å²) >= 11 is 0. The van der Waals surface area contributed by atoms with Gasteiger partial charge in [0.15, 0.2) is 0 Å². The minimum absolute atomic E-state index is 0.0196. The predicted octanol–water partition coefficient (Wildman–Crippen LogP) is 0.406. The third-order valence-corrected chi connectivity index (χ3v) is 3.04. The van der Waals surface area contributed by atoms with E-state index in [0.29, 0.717) is 5.56 Å². The number of nitrogens with one attached hydrogen (secondary N) is 2. The second kappa shape index (κ2) is 5.16. The molecule has 1 aliphatic heterocycles. The highest BCUT2D eigenvalue weighted by Gasteiger charge is 2.21. The number of nitrogens with zero attached hydrogens (tertiary/aromatic N) is 1. The Morgan fingerprint density at radius 1 is 1.41 bits per heavy atom.